The molecule has 2 aromatic carbocycles. The number of nitrogens with one attached hydrogen (secondary N) is 2. The van der Waals surface area contributed by atoms with E-state index in [1.165, 1.54) is 33.6 Å². The summed E-state index contributed by atoms with van der Waals surface area (Å²) >= 11 is 0. The van der Waals surface area contributed by atoms with E-state index in [0.29, 0.717) is 51.2 Å². The van der Waals surface area contributed by atoms with Crippen LogP contribution in [0.2, 0.25) is 0 Å². The first-order valence-corrected chi connectivity index (χ1v) is 10.4. The number of rotatable bonds is 8. The van der Waals surface area contributed by atoms with Gasteiger partial charge in [-0.25, -0.2) is 4.39 Å². The lowest BCUT2D eigenvalue weighted by Gasteiger charge is -2.15. The molecule has 0 saturated carbocycles. The van der Waals surface area contributed by atoms with Crippen LogP contribution >= 0.6 is 0 Å². The van der Waals surface area contributed by atoms with Gasteiger partial charge in [-0.05, 0) is 38.1 Å². The Morgan fingerprint density at radius 1 is 1.06 bits per heavy atom. The number of nitriles is 1. The number of aromatic amines is 1. The van der Waals surface area contributed by atoms with Crippen molar-refractivity contribution in [2.24, 2.45) is 0 Å². The van der Waals surface area contributed by atoms with E-state index in [-0.39, 0.29) is 11.9 Å². The van der Waals surface area contributed by atoms with Crippen molar-refractivity contribution in [3.05, 3.63) is 47.9 Å². The second-order valence-corrected chi connectivity index (χ2v) is 7.63. The SMILES string of the molecule is COc1cc(-c2[nH]c3c(C#N)cnn3c2Nc2ccc(F)c(OC(C)C)c2)cc(OC)c1OC. The van der Waals surface area contributed by atoms with Crippen LogP contribution in [-0.2, 0) is 0 Å². The second-order valence-electron chi connectivity index (χ2n) is 7.63. The summed E-state index contributed by atoms with van der Waals surface area (Å²) in [5.74, 6) is 1.56. The molecule has 176 valence electrons. The van der Waals surface area contributed by atoms with Crippen molar-refractivity contribution in [3.8, 4) is 40.3 Å². The quantitative estimate of drug-likeness (QED) is 0.381. The van der Waals surface area contributed by atoms with Gasteiger partial charge in [0.15, 0.2) is 34.5 Å². The van der Waals surface area contributed by atoms with Crippen molar-refractivity contribution in [1.82, 2.24) is 14.6 Å². The fourth-order valence-electron chi connectivity index (χ4n) is 3.62. The van der Waals surface area contributed by atoms with E-state index in [9.17, 15) is 9.65 Å². The lowest BCUT2D eigenvalue weighted by molar-refractivity contribution is 0.231. The average molecular weight is 465 g/mol. The Bertz CT molecular complexity index is 1360. The Hall–Kier alpha value is -4.39. The molecule has 0 bridgehead atoms. The Balaban J connectivity index is 1.89. The molecule has 34 heavy (non-hydrogen) atoms. The molecule has 10 heteroatoms. The van der Waals surface area contributed by atoms with Crippen LogP contribution in [-0.4, -0.2) is 42.0 Å². The maximum Gasteiger partial charge on any atom is 0.203 e. The molecule has 0 aliphatic rings. The normalized spacial score (nSPS) is 10.9. The van der Waals surface area contributed by atoms with E-state index in [4.69, 9.17) is 18.9 Å². The van der Waals surface area contributed by atoms with Crippen molar-refractivity contribution in [2.45, 2.75) is 20.0 Å². The number of anilines is 2. The van der Waals surface area contributed by atoms with Crippen LogP contribution in [0.25, 0.3) is 16.9 Å². The zero-order valence-electron chi connectivity index (χ0n) is 19.4. The summed E-state index contributed by atoms with van der Waals surface area (Å²) in [6.45, 7) is 3.65. The fourth-order valence-corrected chi connectivity index (χ4v) is 3.62. The minimum atomic E-state index is -0.464. The molecule has 0 fully saturated rings. The number of hydrogen-bond acceptors (Lipinski definition) is 7. The topological polar surface area (TPSA) is 106 Å². The van der Waals surface area contributed by atoms with Crippen molar-refractivity contribution >= 4 is 17.2 Å². The molecule has 4 rings (SSSR count). The Morgan fingerprint density at radius 2 is 1.76 bits per heavy atom. The van der Waals surface area contributed by atoms with Gasteiger partial charge in [0, 0.05) is 17.3 Å². The number of aromatic nitrogens is 3. The lowest BCUT2D eigenvalue weighted by Crippen LogP contribution is -2.07. The molecule has 0 saturated heterocycles. The third kappa shape index (κ3) is 4.03. The maximum atomic E-state index is 14.2. The van der Waals surface area contributed by atoms with E-state index in [1.54, 1.807) is 28.8 Å². The molecule has 2 N–H and O–H groups in total. The standard InChI is InChI=1S/C24H24FN5O4/c1-13(2)34-18-10-16(6-7-17(18)25)28-24-21(29-23-15(11-26)12-27-30(23)24)14-8-19(31-3)22(33-5)20(9-14)32-4/h6-10,12-13,28-29H,1-5H3. The summed E-state index contributed by atoms with van der Waals surface area (Å²) in [7, 11) is 4.59. The summed E-state index contributed by atoms with van der Waals surface area (Å²) in [4.78, 5) is 3.26. The molecular formula is C24H24FN5O4. The first-order valence-electron chi connectivity index (χ1n) is 10.4. The number of benzene rings is 2. The predicted octanol–water partition coefficient (Wildman–Crippen LogP) is 4.90. The van der Waals surface area contributed by atoms with E-state index < -0.39 is 5.82 Å². The van der Waals surface area contributed by atoms with Crippen molar-refractivity contribution in [3.63, 3.8) is 0 Å². The van der Waals surface area contributed by atoms with Crippen LogP contribution in [0.1, 0.15) is 19.4 Å². The van der Waals surface area contributed by atoms with E-state index in [2.05, 4.69) is 21.5 Å². The predicted molar refractivity (Wildman–Crippen MR) is 125 cm³/mol. The van der Waals surface area contributed by atoms with Crippen molar-refractivity contribution in [1.29, 1.82) is 5.26 Å². The number of hydrogen-bond donors (Lipinski definition) is 2. The molecule has 9 nitrogen and oxygen atoms in total. The van der Waals surface area contributed by atoms with Crippen molar-refractivity contribution < 1.29 is 23.3 Å². The molecule has 0 spiro atoms. The largest absolute Gasteiger partial charge is 0.493 e. The van der Waals surface area contributed by atoms with Gasteiger partial charge in [-0.1, -0.05) is 0 Å². The second kappa shape index (κ2) is 9.23. The van der Waals surface area contributed by atoms with Crippen LogP contribution in [0.15, 0.2) is 36.5 Å². The summed E-state index contributed by atoms with van der Waals surface area (Å²) < 4.78 is 37.8. The molecule has 0 unspecified atom stereocenters. The van der Waals surface area contributed by atoms with Crippen LogP contribution in [0, 0.1) is 17.1 Å². The third-order valence-corrected chi connectivity index (χ3v) is 5.09. The molecule has 0 amide bonds. The molecule has 2 heterocycles. The van der Waals surface area contributed by atoms with Crippen LogP contribution in [0.5, 0.6) is 23.0 Å². The average Bonchev–Trinajstić information content (AvgIpc) is 3.39. The zero-order chi connectivity index (χ0) is 24.4. The number of halogens is 1. The lowest BCUT2D eigenvalue weighted by atomic mass is 10.1. The number of fused-ring (bicyclic) bond motifs is 1. The first-order chi connectivity index (χ1) is 16.4. The smallest absolute Gasteiger partial charge is 0.203 e. The minimum Gasteiger partial charge on any atom is -0.493 e. The van der Waals surface area contributed by atoms with Gasteiger partial charge in [-0.2, -0.15) is 14.9 Å². The van der Waals surface area contributed by atoms with E-state index in [0.717, 1.165) is 0 Å². The van der Waals surface area contributed by atoms with Crippen LogP contribution in [0.3, 0.4) is 0 Å². The molecule has 0 atom stereocenters. The van der Waals surface area contributed by atoms with Gasteiger partial charge in [0.1, 0.15) is 11.6 Å². The van der Waals surface area contributed by atoms with Crippen LogP contribution in [0.4, 0.5) is 15.9 Å². The number of methoxy groups -OCH3 is 3. The highest BCUT2D eigenvalue weighted by Crippen LogP contribution is 2.43. The Kier molecular flexibility index (Phi) is 6.19. The molecule has 0 aliphatic carbocycles. The first kappa shape index (κ1) is 22.8. The Morgan fingerprint density at radius 3 is 2.35 bits per heavy atom. The fraction of sp³-hybridized carbons (Fsp3) is 0.250. The number of imidazole rings is 1. The maximum absolute atomic E-state index is 14.2. The molecule has 0 radical (unpaired) electrons. The molecule has 2 aromatic heterocycles. The van der Waals surface area contributed by atoms with Gasteiger partial charge in [0.2, 0.25) is 5.75 Å². The Labute approximate surface area is 195 Å². The van der Waals surface area contributed by atoms with Gasteiger partial charge in [0.25, 0.3) is 0 Å². The summed E-state index contributed by atoms with van der Waals surface area (Å²) in [5.41, 5.74) is 2.72. The van der Waals surface area contributed by atoms with Gasteiger partial charge < -0.3 is 29.2 Å². The van der Waals surface area contributed by atoms with Gasteiger partial charge in [0.05, 0.1) is 39.3 Å². The van der Waals surface area contributed by atoms with Gasteiger partial charge in [-0.15, -0.1) is 0 Å². The molecular weight excluding hydrogens is 441 g/mol. The van der Waals surface area contributed by atoms with E-state index in [1.807, 2.05) is 13.8 Å². The highest BCUT2D eigenvalue weighted by atomic mass is 19.1. The third-order valence-electron chi connectivity index (χ3n) is 5.09. The highest BCUT2D eigenvalue weighted by Gasteiger charge is 2.22. The van der Waals surface area contributed by atoms with E-state index >= 15 is 0 Å². The minimum absolute atomic E-state index is 0.124. The van der Waals surface area contributed by atoms with Gasteiger partial charge in [-0.3, -0.25) is 0 Å². The van der Waals surface area contributed by atoms with Gasteiger partial charge >= 0.3 is 0 Å². The highest BCUT2D eigenvalue weighted by molar-refractivity contribution is 5.83. The molecule has 4 aromatic rings. The monoisotopic (exact) mass is 465 g/mol. The van der Waals surface area contributed by atoms with Crippen LogP contribution < -0.4 is 24.3 Å². The summed E-state index contributed by atoms with van der Waals surface area (Å²) in [5, 5.41) is 17.1. The molecule has 0 aliphatic heterocycles. The summed E-state index contributed by atoms with van der Waals surface area (Å²) in [6, 6.07) is 10.2. The zero-order valence-corrected chi connectivity index (χ0v) is 19.4. The number of ether oxygens (including phenoxy) is 4. The summed E-state index contributed by atoms with van der Waals surface area (Å²) in [6.07, 6.45) is 1.27. The number of nitrogens with zero attached hydrogens (tertiary/aromatic N) is 3. The van der Waals surface area contributed by atoms with Crippen molar-refractivity contribution in [2.75, 3.05) is 26.6 Å². The number of H-pyrrole nitrogens is 1.